The lowest BCUT2D eigenvalue weighted by Crippen LogP contribution is -1.80. The van der Waals surface area contributed by atoms with Gasteiger partial charge in [-0.25, -0.2) is 0 Å². The molecule has 1 N–H and O–H groups in total. The zero-order valence-corrected chi connectivity index (χ0v) is 4.89. The van der Waals surface area contributed by atoms with E-state index in [4.69, 9.17) is 0 Å². The monoisotopic (exact) mass is 116 g/mol. The van der Waals surface area contributed by atoms with Crippen LogP contribution in [0.5, 0.6) is 0 Å². The maximum atomic E-state index is 3.06. The third-order valence-electron chi connectivity index (χ3n) is 1.38. The molecule has 0 fully saturated rings. The van der Waals surface area contributed by atoms with Gasteiger partial charge in [-0.3, -0.25) is 5.32 Å². The fourth-order valence-electron chi connectivity index (χ4n) is 0.926. The van der Waals surface area contributed by atoms with Crippen LogP contribution in [-0.2, 0) is 0 Å². The van der Waals surface area contributed by atoms with E-state index in [0.29, 0.717) is 0 Å². The number of anilines is 1. The van der Waals surface area contributed by atoms with Gasteiger partial charge >= 0.3 is 0 Å². The Balaban J connectivity index is 2.63. The quantitative estimate of drug-likeness (QED) is 0.509. The highest BCUT2D eigenvalue weighted by Gasteiger charge is 2.11. The fourth-order valence-corrected chi connectivity index (χ4v) is 0.926. The van der Waals surface area contributed by atoms with E-state index in [0.717, 1.165) is 11.3 Å². The number of hydrogen-bond donors (Lipinski definition) is 1. The van der Waals surface area contributed by atoms with Crippen LogP contribution in [-0.4, -0.2) is 0 Å². The topological polar surface area (TPSA) is 12.0 Å². The van der Waals surface area contributed by atoms with Gasteiger partial charge in [0.15, 0.2) is 5.69 Å². The number of nitrogens with one attached hydrogen (secondary N) is 1. The Morgan fingerprint density at radius 2 is 2.11 bits per heavy atom. The van der Waals surface area contributed by atoms with Crippen LogP contribution < -0.4 is 5.32 Å². The van der Waals surface area contributed by atoms with Gasteiger partial charge in [-0.2, -0.15) is 0 Å². The second kappa shape index (κ2) is 1.57. The van der Waals surface area contributed by atoms with Gasteiger partial charge in [-0.05, 0) is 12.1 Å². The van der Waals surface area contributed by atoms with Crippen molar-refractivity contribution in [2.45, 2.75) is 0 Å². The van der Waals surface area contributed by atoms with Gasteiger partial charge < -0.3 is 0 Å². The Bertz CT molecular complexity index is 250. The first-order chi connectivity index (χ1) is 4.47. The minimum absolute atomic E-state index is 1.15. The summed E-state index contributed by atoms with van der Waals surface area (Å²) >= 11 is 0. The molecular weight excluding hydrogens is 110 g/mol. The smallest absolute Gasteiger partial charge is 0.213 e. The molecule has 0 unspecified atom stereocenters. The molecule has 0 spiro atoms. The summed E-state index contributed by atoms with van der Waals surface area (Å²) in [6.07, 6.45) is 4.89. The highest BCUT2D eigenvalue weighted by atomic mass is 14.9. The number of benzene rings is 1. The molecule has 0 radical (unpaired) electrons. The molecular formula is C8H6N+. The van der Waals surface area contributed by atoms with Crippen LogP contribution in [0.3, 0.4) is 0 Å². The summed E-state index contributed by atoms with van der Waals surface area (Å²) in [5.41, 5.74) is 2.30. The van der Waals surface area contributed by atoms with Gasteiger partial charge in [0.25, 0.3) is 0 Å². The van der Waals surface area contributed by atoms with Gasteiger partial charge in [0.1, 0.15) is 6.20 Å². The third kappa shape index (κ3) is 0.592. The Labute approximate surface area is 54.0 Å². The summed E-state index contributed by atoms with van der Waals surface area (Å²) in [5.74, 6) is 0. The predicted molar refractivity (Wildman–Crippen MR) is 37.0 cm³/mol. The van der Waals surface area contributed by atoms with Crippen molar-refractivity contribution in [3.63, 3.8) is 0 Å². The van der Waals surface area contributed by atoms with Gasteiger partial charge in [0.05, 0.1) is 12.1 Å². The van der Waals surface area contributed by atoms with E-state index in [9.17, 15) is 0 Å². The summed E-state index contributed by atoms with van der Waals surface area (Å²) < 4.78 is 0. The molecule has 0 bridgehead atoms. The summed E-state index contributed by atoms with van der Waals surface area (Å²) in [4.78, 5) is 0. The zero-order valence-electron chi connectivity index (χ0n) is 4.89. The summed E-state index contributed by atoms with van der Waals surface area (Å²) in [6, 6.07) is 8.08. The van der Waals surface area contributed by atoms with E-state index < -0.39 is 0 Å². The van der Waals surface area contributed by atoms with Crippen LogP contribution in [0.4, 0.5) is 5.69 Å². The Morgan fingerprint density at radius 3 is 3.00 bits per heavy atom. The molecule has 0 saturated heterocycles. The summed E-state index contributed by atoms with van der Waals surface area (Å²) in [7, 11) is 0. The summed E-state index contributed by atoms with van der Waals surface area (Å²) in [5, 5.41) is 3.06. The van der Waals surface area contributed by atoms with Crippen molar-refractivity contribution in [2.24, 2.45) is 0 Å². The predicted octanol–water partition coefficient (Wildman–Crippen LogP) is 1.78. The minimum atomic E-state index is 1.15. The molecule has 1 aliphatic heterocycles. The lowest BCUT2D eigenvalue weighted by Gasteiger charge is -1.84. The van der Waals surface area contributed by atoms with Gasteiger partial charge in [0, 0.05) is 6.07 Å². The van der Waals surface area contributed by atoms with E-state index in [1.54, 1.807) is 0 Å². The van der Waals surface area contributed by atoms with Crippen molar-refractivity contribution in [3.8, 4) is 0 Å². The van der Waals surface area contributed by atoms with Crippen molar-refractivity contribution >= 4 is 5.69 Å². The molecule has 0 saturated carbocycles. The van der Waals surface area contributed by atoms with Crippen molar-refractivity contribution < 1.29 is 0 Å². The second-order valence-electron chi connectivity index (χ2n) is 1.98. The molecule has 1 aliphatic rings. The highest BCUT2D eigenvalue weighted by molar-refractivity contribution is 5.59. The van der Waals surface area contributed by atoms with E-state index in [1.165, 1.54) is 0 Å². The SMILES string of the molecule is [C+]1=CNc2ccccc21. The van der Waals surface area contributed by atoms with Gasteiger partial charge in [-0.15, -0.1) is 0 Å². The molecule has 1 nitrogen and oxygen atoms in total. The molecule has 0 aromatic heterocycles. The number of fused-ring (bicyclic) bond motifs is 1. The van der Waals surface area contributed by atoms with Crippen molar-refractivity contribution in [1.82, 2.24) is 0 Å². The standard InChI is InChI=1S/C8H6N/c1-2-4-8-7(3-1)5-6-9-8/h1-4,6,9H/q+1. The van der Waals surface area contributed by atoms with E-state index in [-0.39, 0.29) is 0 Å². The Hall–Kier alpha value is -1.33. The van der Waals surface area contributed by atoms with Crippen LogP contribution in [0.2, 0.25) is 0 Å². The van der Waals surface area contributed by atoms with Crippen LogP contribution in [0.25, 0.3) is 0 Å². The lowest BCUT2D eigenvalue weighted by atomic mass is 10.2. The normalized spacial score (nSPS) is 12.0. The third-order valence-corrected chi connectivity index (χ3v) is 1.38. The molecule has 2 rings (SSSR count). The van der Waals surface area contributed by atoms with Crippen molar-refractivity contribution in [2.75, 3.05) is 5.32 Å². The molecule has 1 aromatic carbocycles. The molecule has 0 atom stereocenters. The van der Waals surface area contributed by atoms with E-state index in [2.05, 4.69) is 11.4 Å². The average Bonchev–Trinajstić information content (AvgIpc) is 2.33. The van der Waals surface area contributed by atoms with Crippen LogP contribution in [0, 0.1) is 6.08 Å². The zero-order chi connectivity index (χ0) is 6.10. The fraction of sp³-hybridized carbons (Fsp3) is 0. The van der Waals surface area contributed by atoms with E-state index in [1.807, 2.05) is 30.5 Å². The molecule has 0 aliphatic carbocycles. The lowest BCUT2D eigenvalue weighted by molar-refractivity contribution is 1.61. The highest BCUT2D eigenvalue weighted by Crippen LogP contribution is 2.18. The average molecular weight is 116 g/mol. The first kappa shape index (κ1) is 4.54. The van der Waals surface area contributed by atoms with Crippen molar-refractivity contribution in [1.29, 1.82) is 0 Å². The molecule has 1 heteroatoms. The first-order valence-electron chi connectivity index (χ1n) is 2.90. The number of para-hydroxylation sites is 1. The molecule has 9 heavy (non-hydrogen) atoms. The summed E-state index contributed by atoms with van der Waals surface area (Å²) in [6.45, 7) is 0. The maximum Gasteiger partial charge on any atom is 0.213 e. The molecule has 1 heterocycles. The van der Waals surface area contributed by atoms with Gasteiger partial charge in [-0.1, -0.05) is 0 Å². The number of hydrogen-bond acceptors (Lipinski definition) is 1. The maximum absolute atomic E-state index is 3.06. The minimum Gasteiger partial charge on any atom is -0.288 e. The molecule has 0 amide bonds. The Kier molecular flexibility index (Phi) is 0.794. The molecule has 1 aromatic rings. The van der Waals surface area contributed by atoms with E-state index >= 15 is 0 Å². The molecule has 42 valence electrons. The van der Waals surface area contributed by atoms with Crippen molar-refractivity contribution in [3.05, 3.63) is 42.1 Å². The van der Waals surface area contributed by atoms with Crippen LogP contribution in [0.15, 0.2) is 30.5 Å². The number of rotatable bonds is 0. The Morgan fingerprint density at radius 1 is 1.22 bits per heavy atom. The van der Waals surface area contributed by atoms with Crippen LogP contribution >= 0.6 is 0 Å². The largest absolute Gasteiger partial charge is 0.288 e. The second-order valence-corrected chi connectivity index (χ2v) is 1.98. The van der Waals surface area contributed by atoms with Gasteiger partial charge in [0.2, 0.25) is 5.56 Å². The first-order valence-corrected chi connectivity index (χ1v) is 2.90. The van der Waals surface area contributed by atoms with Crippen LogP contribution in [0.1, 0.15) is 5.56 Å².